The molecule has 0 saturated heterocycles. The van der Waals surface area contributed by atoms with Crippen LogP contribution in [0.25, 0.3) is 0 Å². The Morgan fingerprint density at radius 2 is 1.70 bits per heavy atom. The molecular weight excluding hydrogens is 283 g/mol. The molecule has 0 aliphatic heterocycles. The van der Waals surface area contributed by atoms with Crippen LogP contribution >= 0.6 is 11.3 Å². The topological polar surface area (TPSA) is 12.0 Å². The van der Waals surface area contributed by atoms with Crippen LogP contribution in [0.2, 0.25) is 0 Å². The van der Waals surface area contributed by atoms with Gasteiger partial charge in [-0.1, -0.05) is 19.9 Å². The van der Waals surface area contributed by atoms with Crippen molar-refractivity contribution >= 4 is 17.0 Å². The lowest BCUT2D eigenvalue weighted by atomic mass is 10.0. The van der Waals surface area contributed by atoms with Crippen molar-refractivity contribution in [2.24, 2.45) is 5.92 Å². The molecule has 108 valence electrons. The van der Waals surface area contributed by atoms with Gasteiger partial charge in [0.2, 0.25) is 0 Å². The lowest BCUT2D eigenvalue weighted by Crippen LogP contribution is -2.15. The third kappa shape index (κ3) is 3.54. The first kappa shape index (κ1) is 14.9. The second kappa shape index (κ2) is 5.87. The zero-order chi connectivity index (χ0) is 14.8. The average Bonchev–Trinajstić information content (AvgIpc) is 2.88. The number of nitrogens with one attached hydrogen (secondary N) is 1. The van der Waals surface area contributed by atoms with Gasteiger partial charge in [0, 0.05) is 10.6 Å². The molecule has 0 aliphatic rings. The number of hydrogen-bond donors (Lipinski definition) is 1. The highest BCUT2D eigenvalue weighted by Gasteiger charge is 2.30. The fourth-order valence-electron chi connectivity index (χ4n) is 1.97. The maximum Gasteiger partial charge on any atom is 0.416 e. The summed E-state index contributed by atoms with van der Waals surface area (Å²) in [5.74, 6) is 0.343. The van der Waals surface area contributed by atoms with Gasteiger partial charge in [-0.2, -0.15) is 13.2 Å². The van der Waals surface area contributed by atoms with E-state index in [0.717, 1.165) is 12.1 Å². The van der Waals surface area contributed by atoms with Gasteiger partial charge in [-0.05, 0) is 41.6 Å². The molecule has 20 heavy (non-hydrogen) atoms. The highest BCUT2D eigenvalue weighted by Crippen LogP contribution is 2.32. The SMILES string of the molecule is CC(C)C(Nc1ccc(C(F)(F)F)cc1)c1cccs1. The van der Waals surface area contributed by atoms with Gasteiger partial charge in [-0.15, -0.1) is 11.3 Å². The van der Waals surface area contributed by atoms with Crippen molar-refractivity contribution in [1.29, 1.82) is 0 Å². The molecule has 1 aromatic carbocycles. The molecule has 1 N–H and O–H groups in total. The second-order valence-corrected chi connectivity index (χ2v) is 5.94. The van der Waals surface area contributed by atoms with Crippen LogP contribution in [-0.4, -0.2) is 0 Å². The Kier molecular flexibility index (Phi) is 4.38. The highest BCUT2D eigenvalue weighted by molar-refractivity contribution is 7.10. The summed E-state index contributed by atoms with van der Waals surface area (Å²) in [7, 11) is 0. The van der Waals surface area contributed by atoms with Gasteiger partial charge in [0.05, 0.1) is 11.6 Å². The van der Waals surface area contributed by atoms with Gasteiger partial charge in [0.25, 0.3) is 0 Å². The number of thiophene rings is 1. The monoisotopic (exact) mass is 299 g/mol. The molecule has 1 heterocycles. The third-order valence-corrected chi connectivity index (χ3v) is 4.01. The number of benzene rings is 1. The van der Waals surface area contributed by atoms with E-state index in [1.807, 2.05) is 17.5 Å². The second-order valence-electron chi connectivity index (χ2n) is 4.96. The van der Waals surface area contributed by atoms with E-state index >= 15 is 0 Å². The standard InChI is InChI=1S/C15H16F3NS/c1-10(2)14(13-4-3-9-20-13)19-12-7-5-11(6-8-12)15(16,17)18/h3-10,14,19H,1-2H3. The van der Waals surface area contributed by atoms with Crippen LogP contribution in [0.5, 0.6) is 0 Å². The fraction of sp³-hybridized carbons (Fsp3) is 0.333. The Morgan fingerprint density at radius 1 is 1.05 bits per heavy atom. The number of alkyl halides is 3. The summed E-state index contributed by atoms with van der Waals surface area (Å²) >= 11 is 1.64. The van der Waals surface area contributed by atoms with Gasteiger partial charge < -0.3 is 5.32 Å². The molecule has 0 spiro atoms. The van der Waals surface area contributed by atoms with Crippen molar-refractivity contribution < 1.29 is 13.2 Å². The highest BCUT2D eigenvalue weighted by atomic mass is 32.1. The van der Waals surface area contributed by atoms with E-state index < -0.39 is 11.7 Å². The minimum atomic E-state index is -4.29. The van der Waals surface area contributed by atoms with E-state index in [2.05, 4.69) is 19.2 Å². The average molecular weight is 299 g/mol. The van der Waals surface area contributed by atoms with Crippen molar-refractivity contribution in [2.75, 3.05) is 5.32 Å². The zero-order valence-corrected chi connectivity index (χ0v) is 12.1. The lowest BCUT2D eigenvalue weighted by molar-refractivity contribution is -0.137. The van der Waals surface area contributed by atoms with E-state index in [1.54, 1.807) is 11.3 Å². The zero-order valence-electron chi connectivity index (χ0n) is 11.2. The van der Waals surface area contributed by atoms with Gasteiger partial charge in [-0.3, -0.25) is 0 Å². The minimum Gasteiger partial charge on any atom is -0.377 e. The number of hydrogen-bond acceptors (Lipinski definition) is 2. The number of anilines is 1. The van der Waals surface area contributed by atoms with E-state index in [9.17, 15) is 13.2 Å². The first-order chi connectivity index (χ1) is 9.38. The van der Waals surface area contributed by atoms with Crippen LogP contribution < -0.4 is 5.32 Å². The predicted octanol–water partition coefficient (Wildman–Crippen LogP) is 5.58. The van der Waals surface area contributed by atoms with Crippen LogP contribution in [0.1, 0.15) is 30.3 Å². The molecule has 1 unspecified atom stereocenters. The molecule has 5 heteroatoms. The third-order valence-electron chi connectivity index (χ3n) is 3.05. The number of rotatable bonds is 4. The normalized spacial score (nSPS) is 13.5. The summed E-state index contributed by atoms with van der Waals surface area (Å²) in [6.45, 7) is 4.17. The summed E-state index contributed by atoms with van der Waals surface area (Å²) in [6.07, 6.45) is -4.29. The van der Waals surface area contributed by atoms with E-state index in [-0.39, 0.29) is 6.04 Å². The maximum absolute atomic E-state index is 12.5. The maximum atomic E-state index is 12.5. The quantitative estimate of drug-likeness (QED) is 0.777. The molecule has 0 amide bonds. The summed E-state index contributed by atoms with van der Waals surface area (Å²) in [5, 5.41) is 5.30. The first-order valence-electron chi connectivity index (χ1n) is 6.35. The molecule has 0 radical (unpaired) electrons. The Balaban J connectivity index is 2.16. The van der Waals surface area contributed by atoms with E-state index in [1.165, 1.54) is 17.0 Å². The first-order valence-corrected chi connectivity index (χ1v) is 7.23. The van der Waals surface area contributed by atoms with Crippen LogP contribution in [0.15, 0.2) is 41.8 Å². The Hall–Kier alpha value is -1.49. The largest absolute Gasteiger partial charge is 0.416 e. The van der Waals surface area contributed by atoms with Gasteiger partial charge in [0.15, 0.2) is 0 Å². The van der Waals surface area contributed by atoms with Crippen LogP contribution in [0.4, 0.5) is 18.9 Å². The summed E-state index contributed by atoms with van der Waals surface area (Å²) < 4.78 is 37.5. The Labute approximate surface area is 120 Å². The minimum absolute atomic E-state index is 0.103. The molecule has 0 aliphatic carbocycles. The molecule has 0 bridgehead atoms. The van der Waals surface area contributed by atoms with Crippen molar-refractivity contribution in [3.05, 3.63) is 52.2 Å². The van der Waals surface area contributed by atoms with Crippen LogP contribution in [0.3, 0.4) is 0 Å². The predicted molar refractivity (Wildman–Crippen MR) is 77.0 cm³/mol. The van der Waals surface area contributed by atoms with Crippen LogP contribution in [0, 0.1) is 5.92 Å². The lowest BCUT2D eigenvalue weighted by Gasteiger charge is -2.22. The van der Waals surface area contributed by atoms with Crippen molar-refractivity contribution in [3.63, 3.8) is 0 Å². The van der Waals surface area contributed by atoms with Crippen molar-refractivity contribution in [2.45, 2.75) is 26.1 Å². The molecule has 1 aromatic heterocycles. The fourth-order valence-corrected chi connectivity index (χ4v) is 2.92. The smallest absolute Gasteiger partial charge is 0.377 e. The summed E-state index contributed by atoms with van der Waals surface area (Å²) in [5.41, 5.74) is 0.0744. The van der Waals surface area contributed by atoms with Gasteiger partial charge >= 0.3 is 6.18 Å². The molecule has 0 saturated carbocycles. The molecule has 2 rings (SSSR count). The molecular formula is C15H16F3NS. The Morgan fingerprint density at radius 3 is 2.15 bits per heavy atom. The molecule has 2 aromatic rings. The van der Waals surface area contributed by atoms with Crippen LogP contribution in [-0.2, 0) is 6.18 Å². The van der Waals surface area contributed by atoms with Crippen molar-refractivity contribution in [1.82, 2.24) is 0 Å². The molecule has 1 atom stereocenters. The number of halogens is 3. The van der Waals surface area contributed by atoms with Gasteiger partial charge in [-0.25, -0.2) is 0 Å². The summed E-state index contributed by atoms with van der Waals surface area (Å²) in [4.78, 5) is 1.18. The summed E-state index contributed by atoms with van der Waals surface area (Å²) in [6, 6.07) is 9.28. The van der Waals surface area contributed by atoms with E-state index in [0.29, 0.717) is 11.6 Å². The molecule has 1 nitrogen and oxygen atoms in total. The molecule has 0 fully saturated rings. The Bertz CT molecular complexity index is 529. The van der Waals surface area contributed by atoms with Gasteiger partial charge in [0.1, 0.15) is 0 Å². The van der Waals surface area contributed by atoms with Crippen molar-refractivity contribution in [3.8, 4) is 0 Å². The van der Waals surface area contributed by atoms with E-state index in [4.69, 9.17) is 0 Å².